The van der Waals surface area contributed by atoms with Crippen LogP contribution in [0.2, 0.25) is 0 Å². The van der Waals surface area contributed by atoms with Crippen LogP contribution < -0.4 is 5.32 Å². The topological polar surface area (TPSA) is 49.4 Å². The van der Waals surface area contributed by atoms with Crippen molar-refractivity contribution in [2.45, 2.75) is 39.0 Å². The molecule has 1 heterocycles. The van der Waals surface area contributed by atoms with Gasteiger partial charge in [0, 0.05) is 32.0 Å². The van der Waals surface area contributed by atoms with Gasteiger partial charge >= 0.3 is 0 Å². The second-order valence-electron chi connectivity index (χ2n) is 6.77. The first-order valence-corrected chi connectivity index (χ1v) is 7.99. The molecule has 1 fully saturated rings. The number of hydrogen-bond donors (Lipinski definition) is 1. The van der Waals surface area contributed by atoms with Crippen LogP contribution in [0.15, 0.2) is 30.3 Å². The van der Waals surface area contributed by atoms with Crippen molar-refractivity contribution in [2.24, 2.45) is 5.92 Å². The Morgan fingerprint density at radius 1 is 1.27 bits per heavy atom. The van der Waals surface area contributed by atoms with E-state index in [0.717, 1.165) is 19.4 Å². The lowest BCUT2D eigenvalue weighted by atomic mass is 9.84. The summed E-state index contributed by atoms with van der Waals surface area (Å²) in [5.74, 6) is 0.0429. The fourth-order valence-corrected chi connectivity index (χ4v) is 2.92. The van der Waals surface area contributed by atoms with Crippen LogP contribution in [0, 0.1) is 5.92 Å². The van der Waals surface area contributed by atoms with E-state index in [1.165, 1.54) is 5.56 Å². The summed E-state index contributed by atoms with van der Waals surface area (Å²) in [7, 11) is 0. The molecule has 4 nitrogen and oxygen atoms in total. The lowest BCUT2D eigenvalue weighted by Crippen LogP contribution is -2.46. The molecule has 0 unspecified atom stereocenters. The van der Waals surface area contributed by atoms with Crippen LogP contribution in [-0.4, -0.2) is 36.3 Å². The summed E-state index contributed by atoms with van der Waals surface area (Å²) in [6.07, 6.45) is 1.77. The molecular weight excluding hydrogens is 276 g/mol. The van der Waals surface area contributed by atoms with Gasteiger partial charge < -0.3 is 10.2 Å². The molecule has 2 amide bonds. The molecule has 0 spiro atoms. The highest BCUT2D eigenvalue weighted by Gasteiger charge is 2.28. The molecule has 0 radical (unpaired) electrons. The van der Waals surface area contributed by atoms with Crippen LogP contribution in [0.4, 0.5) is 0 Å². The van der Waals surface area contributed by atoms with Crippen LogP contribution in [0.5, 0.6) is 0 Å². The SMILES string of the molecule is CC(=O)N1CCC[C@H](C(=O)NCC(C)(C)c2ccccc2)C1. The smallest absolute Gasteiger partial charge is 0.224 e. The quantitative estimate of drug-likeness (QED) is 0.928. The average Bonchev–Trinajstić information content (AvgIpc) is 2.53. The fraction of sp³-hybridized carbons (Fsp3) is 0.556. The van der Waals surface area contributed by atoms with E-state index in [1.54, 1.807) is 11.8 Å². The lowest BCUT2D eigenvalue weighted by Gasteiger charge is -2.32. The van der Waals surface area contributed by atoms with Crippen molar-refractivity contribution in [2.75, 3.05) is 19.6 Å². The number of carbonyl (C=O) groups excluding carboxylic acids is 2. The Balaban J connectivity index is 1.91. The maximum atomic E-state index is 12.4. The maximum absolute atomic E-state index is 12.4. The van der Waals surface area contributed by atoms with Gasteiger partial charge in [0.2, 0.25) is 11.8 Å². The van der Waals surface area contributed by atoms with Gasteiger partial charge in [-0.15, -0.1) is 0 Å². The molecule has 2 rings (SSSR count). The van der Waals surface area contributed by atoms with Crippen LogP contribution in [0.3, 0.4) is 0 Å². The van der Waals surface area contributed by atoms with Gasteiger partial charge in [-0.3, -0.25) is 9.59 Å². The number of nitrogens with zero attached hydrogens (tertiary/aromatic N) is 1. The summed E-state index contributed by atoms with van der Waals surface area (Å²) in [6.45, 7) is 7.75. The predicted octanol–water partition coefficient (Wildman–Crippen LogP) is 2.34. The largest absolute Gasteiger partial charge is 0.355 e. The van der Waals surface area contributed by atoms with Crippen molar-refractivity contribution < 1.29 is 9.59 Å². The van der Waals surface area contributed by atoms with E-state index in [1.807, 2.05) is 18.2 Å². The van der Waals surface area contributed by atoms with Crippen LogP contribution in [-0.2, 0) is 15.0 Å². The monoisotopic (exact) mass is 302 g/mol. The van der Waals surface area contributed by atoms with E-state index < -0.39 is 0 Å². The summed E-state index contributed by atoms with van der Waals surface area (Å²) in [4.78, 5) is 25.6. The van der Waals surface area contributed by atoms with Gasteiger partial charge in [-0.2, -0.15) is 0 Å². The zero-order chi connectivity index (χ0) is 16.2. The van der Waals surface area contributed by atoms with E-state index in [9.17, 15) is 9.59 Å². The minimum absolute atomic E-state index is 0.0575. The van der Waals surface area contributed by atoms with Gasteiger partial charge in [-0.1, -0.05) is 44.2 Å². The second-order valence-corrected chi connectivity index (χ2v) is 6.77. The minimum atomic E-state index is -0.105. The van der Waals surface area contributed by atoms with Gasteiger partial charge in [0.05, 0.1) is 5.92 Å². The molecule has 1 aliphatic heterocycles. The van der Waals surface area contributed by atoms with Crippen molar-refractivity contribution >= 4 is 11.8 Å². The number of rotatable bonds is 4. The van der Waals surface area contributed by atoms with E-state index >= 15 is 0 Å². The summed E-state index contributed by atoms with van der Waals surface area (Å²) in [6, 6.07) is 10.2. The van der Waals surface area contributed by atoms with Crippen molar-refractivity contribution in [3.8, 4) is 0 Å². The predicted molar refractivity (Wildman–Crippen MR) is 87.5 cm³/mol. The van der Waals surface area contributed by atoms with E-state index in [2.05, 4.69) is 31.3 Å². The highest BCUT2D eigenvalue weighted by Crippen LogP contribution is 2.22. The van der Waals surface area contributed by atoms with Crippen LogP contribution in [0.25, 0.3) is 0 Å². The first-order valence-electron chi connectivity index (χ1n) is 7.99. The minimum Gasteiger partial charge on any atom is -0.355 e. The average molecular weight is 302 g/mol. The number of hydrogen-bond acceptors (Lipinski definition) is 2. The molecule has 1 aromatic rings. The standard InChI is InChI=1S/C18H26N2O2/c1-14(21)20-11-7-8-15(12-20)17(22)19-13-18(2,3)16-9-5-4-6-10-16/h4-6,9-10,15H,7-8,11-13H2,1-3H3,(H,19,22)/t15-/m0/s1. The van der Waals surface area contributed by atoms with Crippen molar-refractivity contribution in [3.63, 3.8) is 0 Å². The van der Waals surface area contributed by atoms with E-state index in [0.29, 0.717) is 13.1 Å². The Morgan fingerprint density at radius 2 is 1.95 bits per heavy atom. The third-order valence-corrected chi connectivity index (χ3v) is 4.50. The van der Waals surface area contributed by atoms with E-state index in [-0.39, 0.29) is 23.1 Å². The lowest BCUT2D eigenvalue weighted by molar-refractivity contribution is -0.134. The first kappa shape index (κ1) is 16.5. The van der Waals surface area contributed by atoms with Gasteiger partial charge in [0.15, 0.2) is 0 Å². The summed E-state index contributed by atoms with van der Waals surface area (Å²) in [5, 5.41) is 3.07. The molecule has 1 N–H and O–H groups in total. The van der Waals surface area contributed by atoms with Gasteiger partial charge in [0.25, 0.3) is 0 Å². The Kier molecular flexibility index (Phi) is 5.22. The Bertz CT molecular complexity index is 525. The number of carbonyl (C=O) groups is 2. The molecule has 0 bridgehead atoms. The van der Waals surface area contributed by atoms with E-state index in [4.69, 9.17) is 0 Å². The third-order valence-electron chi connectivity index (χ3n) is 4.50. The molecule has 1 aliphatic rings. The summed E-state index contributed by atoms with van der Waals surface area (Å²) < 4.78 is 0. The summed E-state index contributed by atoms with van der Waals surface area (Å²) in [5.41, 5.74) is 1.11. The van der Waals surface area contributed by atoms with Crippen LogP contribution >= 0.6 is 0 Å². The van der Waals surface area contributed by atoms with Gasteiger partial charge in [0.1, 0.15) is 0 Å². The normalized spacial score (nSPS) is 18.9. The molecule has 120 valence electrons. The maximum Gasteiger partial charge on any atom is 0.224 e. The number of piperidine rings is 1. The molecular formula is C18H26N2O2. The highest BCUT2D eigenvalue weighted by molar-refractivity contribution is 5.80. The van der Waals surface area contributed by atoms with Gasteiger partial charge in [-0.25, -0.2) is 0 Å². The third kappa shape index (κ3) is 4.09. The number of amides is 2. The van der Waals surface area contributed by atoms with Gasteiger partial charge in [-0.05, 0) is 18.4 Å². The number of likely N-dealkylation sites (tertiary alicyclic amines) is 1. The molecule has 1 saturated heterocycles. The summed E-state index contributed by atoms with van der Waals surface area (Å²) >= 11 is 0. The Labute approximate surface area is 132 Å². The molecule has 0 aromatic heterocycles. The van der Waals surface area contributed by atoms with Crippen molar-refractivity contribution in [1.29, 1.82) is 0 Å². The Hall–Kier alpha value is -1.84. The highest BCUT2D eigenvalue weighted by atomic mass is 16.2. The zero-order valence-electron chi connectivity index (χ0n) is 13.8. The molecule has 4 heteroatoms. The molecule has 1 atom stereocenters. The Morgan fingerprint density at radius 3 is 2.59 bits per heavy atom. The fourth-order valence-electron chi connectivity index (χ4n) is 2.92. The molecule has 0 saturated carbocycles. The number of nitrogens with one attached hydrogen (secondary N) is 1. The number of benzene rings is 1. The van der Waals surface area contributed by atoms with Crippen molar-refractivity contribution in [1.82, 2.24) is 10.2 Å². The molecule has 1 aromatic carbocycles. The molecule has 22 heavy (non-hydrogen) atoms. The molecule has 0 aliphatic carbocycles. The van der Waals surface area contributed by atoms with Crippen LogP contribution in [0.1, 0.15) is 39.2 Å². The first-order chi connectivity index (χ1) is 10.4. The second kappa shape index (κ2) is 6.95. The van der Waals surface area contributed by atoms with Crippen molar-refractivity contribution in [3.05, 3.63) is 35.9 Å². The zero-order valence-corrected chi connectivity index (χ0v) is 13.8.